The lowest BCUT2D eigenvalue weighted by atomic mass is 10.3. The van der Waals surface area contributed by atoms with Gasteiger partial charge < -0.3 is 5.11 Å². The Morgan fingerprint density at radius 3 is 2.86 bits per heavy atom. The summed E-state index contributed by atoms with van der Waals surface area (Å²) in [5.74, 6) is 0. The summed E-state index contributed by atoms with van der Waals surface area (Å²) >= 11 is 0. The van der Waals surface area contributed by atoms with Crippen molar-refractivity contribution in [1.29, 1.82) is 0 Å². The van der Waals surface area contributed by atoms with E-state index in [0.717, 1.165) is 0 Å². The van der Waals surface area contributed by atoms with Gasteiger partial charge in [0.1, 0.15) is 0 Å². The maximum atomic E-state index is 10.3. The highest BCUT2D eigenvalue weighted by Gasteiger charge is 1.90. The highest BCUT2D eigenvalue weighted by molar-refractivity contribution is 5.80. The van der Waals surface area contributed by atoms with Crippen LogP contribution in [-0.4, -0.2) is 18.5 Å². The van der Waals surface area contributed by atoms with E-state index >= 15 is 0 Å². The van der Waals surface area contributed by atoms with Crippen LogP contribution in [0.5, 0.6) is 0 Å². The molecule has 7 heavy (non-hydrogen) atoms. The lowest BCUT2D eigenvalue weighted by Gasteiger charge is -2.02. The van der Waals surface area contributed by atoms with E-state index in [4.69, 9.17) is 0 Å². The molecule has 0 bridgehead atoms. The van der Waals surface area contributed by atoms with Gasteiger partial charge in [-0.1, -0.05) is 6.08 Å². The van der Waals surface area contributed by atoms with Gasteiger partial charge in [-0.25, -0.2) is 0 Å². The van der Waals surface area contributed by atoms with Crippen LogP contribution in [0, 0.1) is 0 Å². The van der Waals surface area contributed by atoms with Crippen molar-refractivity contribution in [2.24, 2.45) is 0 Å². The SMILES string of the molecule is [H+].[O-]C1C=CC=[N+]=C1. The molecule has 0 aromatic carbocycles. The van der Waals surface area contributed by atoms with Crippen LogP contribution in [0.2, 0.25) is 0 Å². The summed E-state index contributed by atoms with van der Waals surface area (Å²) in [5.41, 5.74) is 0. The van der Waals surface area contributed by atoms with E-state index in [1.807, 2.05) is 0 Å². The molecule has 1 aliphatic rings. The summed E-state index contributed by atoms with van der Waals surface area (Å²) in [6.45, 7) is 0. The molecule has 2 heteroatoms. The summed E-state index contributed by atoms with van der Waals surface area (Å²) in [4.78, 5) is 0. The molecule has 36 valence electrons. The van der Waals surface area contributed by atoms with Crippen molar-refractivity contribution in [2.75, 3.05) is 0 Å². The third-order valence-corrected chi connectivity index (χ3v) is 0.706. The van der Waals surface area contributed by atoms with E-state index in [-0.39, 0.29) is 1.43 Å². The van der Waals surface area contributed by atoms with Gasteiger partial charge in [-0.05, 0) is 6.10 Å². The third kappa shape index (κ3) is 1.000. The van der Waals surface area contributed by atoms with Crippen LogP contribution in [0.15, 0.2) is 12.2 Å². The molecule has 1 rings (SSSR count). The van der Waals surface area contributed by atoms with Crippen LogP contribution in [0.25, 0.3) is 0 Å². The summed E-state index contributed by atoms with van der Waals surface area (Å²) in [6, 6.07) is 0. The molecular formula is C5H6NO+. The first-order valence-corrected chi connectivity index (χ1v) is 2.09. The van der Waals surface area contributed by atoms with Crippen molar-refractivity contribution < 1.29 is 6.53 Å². The first-order valence-electron chi connectivity index (χ1n) is 2.09. The molecule has 1 aliphatic heterocycles. The Morgan fingerprint density at radius 1 is 1.71 bits per heavy atom. The summed E-state index contributed by atoms with van der Waals surface area (Å²) < 4.78 is 3.61. The normalized spacial score (nSPS) is 26.1. The standard InChI is InChI=1S/C5H5NO/c7-5-2-1-3-6-4-5/h1-5H/p+1. The van der Waals surface area contributed by atoms with E-state index in [2.05, 4.69) is 4.67 Å². The molecule has 1 unspecified atom stereocenters. The minimum absolute atomic E-state index is 0. The van der Waals surface area contributed by atoms with Crippen molar-refractivity contribution in [3.05, 3.63) is 12.2 Å². The van der Waals surface area contributed by atoms with Crippen LogP contribution in [-0.2, 0) is 0 Å². The highest BCUT2D eigenvalue weighted by Crippen LogP contribution is 1.74. The van der Waals surface area contributed by atoms with Gasteiger partial charge in [0.25, 0.3) is 12.4 Å². The van der Waals surface area contributed by atoms with Gasteiger partial charge >= 0.3 is 1.43 Å². The zero-order valence-corrected chi connectivity index (χ0v) is 3.74. The lowest BCUT2D eigenvalue weighted by molar-refractivity contribution is -0.377. The second kappa shape index (κ2) is 1.73. The first-order chi connectivity index (χ1) is 3.39. The van der Waals surface area contributed by atoms with Crippen molar-refractivity contribution in [1.82, 2.24) is 4.67 Å². The van der Waals surface area contributed by atoms with Crippen LogP contribution in [0.4, 0.5) is 0 Å². The van der Waals surface area contributed by atoms with Gasteiger partial charge in [0.2, 0.25) is 0 Å². The zero-order chi connectivity index (χ0) is 5.11. The van der Waals surface area contributed by atoms with E-state index in [9.17, 15) is 5.11 Å². The van der Waals surface area contributed by atoms with Gasteiger partial charge in [-0.15, -0.1) is 4.67 Å². The third-order valence-electron chi connectivity index (χ3n) is 0.706. The Hall–Kier alpha value is -0.850. The molecule has 0 aliphatic carbocycles. The Kier molecular flexibility index (Phi) is 1.07. The van der Waals surface area contributed by atoms with Crippen LogP contribution in [0.3, 0.4) is 0 Å². The fourth-order valence-corrected chi connectivity index (χ4v) is 0.393. The summed E-state index contributed by atoms with van der Waals surface area (Å²) in [5, 5.41) is 10.3. The Morgan fingerprint density at radius 2 is 2.57 bits per heavy atom. The monoisotopic (exact) mass is 96.0 g/mol. The topological polar surface area (TPSA) is 37.2 Å². The number of hydrogen-bond donors (Lipinski definition) is 0. The Balaban J connectivity index is 0.000000490. The first kappa shape index (κ1) is 4.31. The fourth-order valence-electron chi connectivity index (χ4n) is 0.393. The van der Waals surface area contributed by atoms with E-state index in [1.165, 1.54) is 6.21 Å². The predicted octanol–water partition coefficient (Wildman–Crippen LogP) is -1.39. The van der Waals surface area contributed by atoms with Crippen LogP contribution >= 0.6 is 0 Å². The average Bonchev–Trinajstić information content (AvgIpc) is 1.69. The van der Waals surface area contributed by atoms with Gasteiger partial charge in [0.15, 0.2) is 0 Å². The minimum Gasteiger partial charge on any atom is -0.841 e. The Labute approximate surface area is 43.0 Å². The molecule has 0 amide bonds. The van der Waals surface area contributed by atoms with Crippen molar-refractivity contribution in [2.45, 2.75) is 6.10 Å². The second-order valence-electron chi connectivity index (χ2n) is 1.30. The number of hydrogen-bond acceptors (Lipinski definition) is 1. The predicted molar refractivity (Wildman–Crippen MR) is 28.3 cm³/mol. The van der Waals surface area contributed by atoms with Crippen molar-refractivity contribution in [3.8, 4) is 0 Å². The summed E-state index contributed by atoms with van der Waals surface area (Å²) in [6.07, 6.45) is 5.43. The van der Waals surface area contributed by atoms with Gasteiger partial charge in [0.05, 0.1) is 0 Å². The van der Waals surface area contributed by atoms with E-state index in [1.54, 1.807) is 18.4 Å². The molecule has 0 radical (unpaired) electrons. The molecule has 1 atom stereocenters. The molecule has 0 spiro atoms. The minimum atomic E-state index is -0.718. The molecule has 0 saturated heterocycles. The fraction of sp³-hybridized carbons (Fsp3) is 0.200. The van der Waals surface area contributed by atoms with E-state index < -0.39 is 6.10 Å². The molecule has 0 fully saturated rings. The lowest BCUT2D eigenvalue weighted by Crippen LogP contribution is -2.26. The quantitative estimate of drug-likeness (QED) is 0.342. The molecule has 0 saturated carbocycles. The second-order valence-corrected chi connectivity index (χ2v) is 1.30. The number of rotatable bonds is 0. The summed E-state index contributed by atoms with van der Waals surface area (Å²) in [7, 11) is 0. The van der Waals surface area contributed by atoms with Gasteiger partial charge in [-0.2, -0.15) is 0 Å². The molecular weight excluding hydrogens is 90.1 g/mol. The van der Waals surface area contributed by atoms with Crippen LogP contribution < -0.4 is 9.77 Å². The van der Waals surface area contributed by atoms with Gasteiger partial charge in [0, 0.05) is 6.08 Å². The maximum absolute atomic E-state index is 10.3. The highest BCUT2D eigenvalue weighted by atomic mass is 16.3. The van der Waals surface area contributed by atoms with Crippen LogP contribution in [0.1, 0.15) is 1.43 Å². The molecule has 0 aromatic rings. The molecule has 0 aromatic heterocycles. The van der Waals surface area contributed by atoms with Gasteiger partial charge in [-0.3, -0.25) is 0 Å². The Bertz CT molecular complexity index is 147. The zero-order valence-electron chi connectivity index (χ0n) is 4.74. The largest absolute Gasteiger partial charge is 1.00 e. The number of nitrogens with zero attached hydrogens (tertiary/aromatic N) is 1. The number of allylic oxidation sites excluding steroid dienone is 1. The van der Waals surface area contributed by atoms with Crippen molar-refractivity contribution in [3.63, 3.8) is 0 Å². The van der Waals surface area contributed by atoms with E-state index in [0.29, 0.717) is 0 Å². The van der Waals surface area contributed by atoms with Crippen molar-refractivity contribution >= 4 is 12.4 Å². The average molecular weight is 96.1 g/mol. The molecule has 2 nitrogen and oxygen atoms in total. The molecule has 0 N–H and O–H groups in total. The molecule has 1 heterocycles. The maximum Gasteiger partial charge on any atom is 1.00 e. The smallest absolute Gasteiger partial charge is 0.841 e.